The summed E-state index contributed by atoms with van der Waals surface area (Å²) in [4.78, 5) is 0. The first-order valence-corrected chi connectivity index (χ1v) is 7.46. The van der Waals surface area contributed by atoms with Crippen molar-refractivity contribution in [1.82, 2.24) is 0 Å². The predicted octanol–water partition coefficient (Wildman–Crippen LogP) is 0.358. The molecule has 0 aliphatic carbocycles. The van der Waals surface area contributed by atoms with Gasteiger partial charge in [-0.05, 0) is 27.7 Å². The molecule has 0 aromatic carbocycles. The fourth-order valence-electron chi connectivity index (χ4n) is 3.07. The lowest BCUT2D eigenvalue weighted by atomic mass is 10.1. The topological polar surface area (TPSA) is 81.4 Å². The lowest BCUT2D eigenvalue weighted by Gasteiger charge is -2.28. The zero-order valence-corrected chi connectivity index (χ0v) is 13.0. The summed E-state index contributed by atoms with van der Waals surface area (Å²) in [6.45, 7) is 8.84. The maximum atomic E-state index is 5.99. The minimum atomic E-state index is -0.670. The third kappa shape index (κ3) is 3.10. The van der Waals surface area contributed by atoms with Crippen LogP contribution in [0.25, 0.3) is 0 Å². The molecule has 7 heteroatoms. The molecule has 0 aromatic heterocycles. The van der Waals surface area contributed by atoms with E-state index in [1.165, 1.54) is 0 Å². The molecule has 3 rings (SSSR count). The fraction of sp³-hybridized carbons (Fsp3) is 1.00. The van der Waals surface area contributed by atoms with E-state index in [0.717, 1.165) is 0 Å². The summed E-state index contributed by atoms with van der Waals surface area (Å²) < 4.78 is 35.0. The van der Waals surface area contributed by atoms with Crippen molar-refractivity contribution >= 4 is 0 Å². The van der Waals surface area contributed by atoms with Crippen molar-refractivity contribution in [3.05, 3.63) is 0 Å². The van der Waals surface area contributed by atoms with Gasteiger partial charge in [0.15, 0.2) is 17.9 Å². The lowest BCUT2D eigenvalue weighted by molar-refractivity contribution is -0.235. The average molecular weight is 303 g/mol. The summed E-state index contributed by atoms with van der Waals surface area (Å²) in [5, 5.41) is 0. The number of ether oxygens (including phenoxy) is 6. The molecule has 5 atom stereocenters. The zero-order valence-electron chi connectivity index (χ0n) is 13.0. The Morgan fingerprint density at radius 3 is 2.43 bits per heavy atom. The van der Waals surface area contributed by atoms with Crippen molar-refractivity contribution in [2.24, 2.45) is 5.73 Å². The second-order valence-electron chi connectivity index (χ2n) is 6.56. The van der Waals surface area contributed by atoms with Gasteiger partial charge in [0.1, 0.15) is 24.4 Å². The number of rotatable bonds is 4. The van der Waals surface area contributed by atoms with Gasteiger partial charge in [-0.3, -0.25) is 0 Å². The van der Waals surface area contributed by atoms with Crippen molar-refractivity contribution in [3.63, 3.8) is 0 Å². The maximum Gasteiger partial charge on any atom is 0.190 e. The van der Waals surface area contributed by atoms with Crippen LogP contribution in [0.15, 0.2) is 0 Å². The number of hydrogen-bond donors (Lipinski definition) is 1. The van der Waals surface area contributed by atoms with Gasteiger partial charge in [0.25, 0.3) is 0 Å². The highest BCUT2D eigenvalue weighted by Crippen LogP contribution is 2.41. The molecule has 3 aliphatic heterocycles. The van der Waals surface area contributed by atoms with Gasteiger partial charge in [-0.25, -0.2) is 0 Å². The molecule has 0 aromatic rings. The summed E-state index contributed by atoms with van der Waals surface area (Å²) in [5.41, 5.74) is 5.55. The van der Waals surface area contributed by atoms with Gasteiger partial charge in [0, 0.05) is 6.54 Å². The van der Waals surface area contributed by atoms with Crippen LogP contribution in [-0.4, -0.2) is 62.0 Å². The molecule has 2 N–H and O–H groups in total. The van der Waals surface area contributed by atoms with Crippen molar-refractivity contribution in [3.8, 4) is 0 Å². The van der Waals surface area contributed by atoms with Gasteiger partial charge in [-0.2, -0.15) is 0 Å². The standard InChI is InChI=1S/C14H25NO6/c1-13(2)17-7-8(19-13)9-10(16-6-5-15)11-12(18-9)21-14(3,4)20-11/h8-12H,5-7,15H2,1-4H3. The summed E-state index contributed by atoms with van der Waals surface area (Å²) in [7, 11) is 0. The molecule has 0 saturated carbocycles. The minimum Gasteiger partial charge on any atom is -0.371 e. The van der Waals surface area contributed by atoms with Crippen molar-refractivity contribution in [2.75, 3.05) is 19.8 Å². The fourth-order valence-corrected chi connectivity index (χ4v) is 3.07. The van der Waals surface area contributed by atoms with Crippen LogP contribution in [0.4, 0.5) is 0 Å². The van der Waals surface area contributed by atoms with Gasteiger partial charge in [0.2, 0.25) is 0 Å². The van der Waals surface area contributed by atoms with E-state index in [1.807, 2.05) is 27.7 Å². The van der Waals surface area contributed by atoms with Crippen LogP contribution in [0, 0.1) is 0 Å². The Kier molecular flexibility index (Phi) is 4.03. The maximum absolute atomic E-state index is 5.99. The van der Waals surface area contributed by atoms with E-state index in [-0.39, 0.29) is 24.4 Å². The van der Waals surface area contributed by atoms with Crippen LogP contribution in [0.2, 0.25) is 0 Å². The highest BCUT2D eigenvalue weighted by Gasteiger charge is 2.58. The van der Waals surface area contributed by atoms with Gasteiger partial charge >= 0.3 is 0 Å². The summed E-state index contributed by atoms with van der Waals surface area (Å²) in [6.07, 6.45) is -1.49. The van der Waals surface area contributed by atoms with Crippen LogP contribution in [0.5, 0.6) is 0 Å². The summed E-state index contributed by atoms with van der Waals surface area (Å²) in [5.74, 6) is -1.28. The molecule has 0 radical (unpaired) electrons. The van der Waals surface area contributed by atoms with Gasteiger partial charge in [-0.15, -0.1) is 0 Å². The number of nitrogens with two attached hydrogens (primary N) is 1. The monoisotopic (exact) mass is 303 g/mol. The first-order chi connectivity index (χ1) is 9.81. The van der Waals surface area contributed by atoms with Gasteiger partial charge < -0.3 is 34.2 Å². The van der Waals surface area contributed by atoms with E-state index in [1.54, 1.807) is 0 Å². The molecular formula is C14H25NO6. The zero-order chi connectivity index (χ0) is 15.3. The molecule has 3 aliphatic rings. The molecule has 21 heavy (non-hydrogen) atoms. The highest BCUT2D eigenvalue weighted by molar-refractivity contribution is 4.98. The van der Waals surface area contributed by atoms with Crippen LogP contribution >= 0.6 is 0 Å². The van der Waals surface area contributed by atoms with Crippen molar-refractivity contribution in [1.29, 1.82) is 0 Å². The number of hydrogen-bond acceptors (Lipinski definition) is 7. The lowest BCUT2D eigenvalue weighted by Crippen LogP contribution is -2.44. The summed E-state index contributed by atoms with van der Waals surface area (Å²) >= 11 is 0. The normalized spacial score (nSPS) is 44.1. The average Bonchev–Trinajstić information content (AvgIpc) is 2.96. The van der Waals surface area contributed by atoms with Crippen LogP contribution in [0.3, 0.4) is 0 Å². The second kappa shape index (κ2) is 5.42. The van der Waals surface area contributed by atoms with E-state index in [0.29, 0.717) is 19.8 Å². The third-order valence-electron chi connectivity index (χ3n) is 3.85. The largest absolute Gasteiger partial charge is 0.371 e. The molecule has 3 heterocycles. The molecule has 3 saturated heterocycles. The van der Waals surface area contributed by atoms with Crippen LogP contribution in [-0.2, 0) is 28.4 Å². The van der Waals surface area contributed by atoms with E-state index in [4.69, 9.17) is 34.2 Å². The van der Waals surface area contributed by atoms with E-state index < -0.39 is 17.9 Å². The molecular weight excluding hydrogens is 278 g/mol. The molecule has 0 amide bonds. The van der Waals surface area contributed by atoms with Crippen LogP contribution < -0.4 is 5.73 Å². The molecule has 3 fully saturated rings. The first-order valence-electron chi connectivity index (χ1n) is 7.46. The highest BCUT2D eigenvalue weighted by atomic mass is 16.8. The SMILES string of the molecule is CC1(C)OCC(C2OC3OC(C)(C)OC3C2OCCN)O1. The Morgan fingerprint density at radius 2 is 1.81 bits per heavy atom. The molecule has 0 spiro atoms. The van der Waals surface area contributed by atoms with E-state index >= 15 is 0 Å². The predicted molar refractivity (Wildman–Crippen MR) is 72.4 cm³/mol. The van der Waals surface area contributed by atoms with E-state index in [2.05, 4.69) is 0 Å². The number of fused-ring (bicyclic) bond motifs is 1. The van der Waals surface area contributed by atoms with E-state index in [9.17, 15) is 0 Å². The quantitative estimate of drug-likeness (QED) is 0.803. The Bertz CT molecular complexity index is 388. The van der Waals surface area contributed by atoms with Crippen LogP contribution in [0.1, 0.15) is 27.7 Å². The van der Waals surface area contributed by atoms with Crippen molar-refractivity contribution < 1.29 is 28.4 Å². The van der Waals surface area contributed by atoms with Crippen molar-refractivity contribution in [2.45, 2.75) is 70.0 Å². The Labute approximate surface area is 124 Å². The second-order valence-corrected chi connectivity index (χ2v) is 6.56. The Morgan fingerprint density at radius 1 is 1.05 bits per heavy atom. The third-order valence-corrected chi connectivity index (χ3v) is 3.85. The molecule has 0 bridgehead atoms. The molecule has 122 valence electrons. The van der Waals surface area contributed by atoms with Gasteiger partial charge in [-0.1, -0.05) is 0 Å². The molecule has 7 nitrogen and oxygen atoms in total. The first kappa shape index (κ1) is 15.6. The van der Waals surface area contributed by atoms with Gasteiger partial charge in [0.05, 0.1) is 13.2 Å². The molecule has 5 unspecified atom stereocenters. The summed E-state index contributed by atoms with van der Waals surface area (Å²) in [6, 6.07) is 0. The Balaban J connectivity index is 1.72. The Hall–Kier alpha value is -0.280. The minimum absolute atomic E-state index is 0.205. The smallest absolute Gasteiger partial charge is 0.190 e.